The highest BCUT2D eigenvalue weighted by Gasteiger charge is 2.31. The van der Waals surface area contributed by atoms with Gasteiger partial charge in [0.05, 0.1) is 12.2 Å². The van der Waals surface area contributed by atoms with Crippen LogP contribution in [0.25, 0.3) is 11.3 Å². The first-order valence-corrected chi connectivity index (χ1v) is 9.12. The second-order valence-electron chi connectivity index (χ2n) is 6.79. The van der Waals surface area contributed by atoms with Crippen molar-refractivity contribution in [2.75, 3.05) is 6.54 Å². The Morgan fingerprint density at radius 3 is 2.67 bits per heavy atom. The molecule has 24 heavy (non-hydrogen) atoms. The van der Waals surface area contributed by atoms with Crippen LogP contribution in [0.15, 0.2) is 28.8 Å². The molecule has 1 saturated carbocycles. The summed E-state index contributed by atoms with van der Waals surface area (Å²) in [6, 6.07) is 7.56. The topological polar surface area (TPSA) is 46.3 Å². The van der Waals surface area contributed by atoms with Crippen molar-refractivity contribution in [3.8, 4) is 11.3 Å². The standard InChI is InChI=1S/C19H21ClN2O2/c20-15-8-6-13(7-9-15)18-16-12-22(11-10-17(16)21-24-18)19(23)14-4-2-1-3-5-14/h6-9,14H,1-5,10-12H2. The number of carbonyl (C=O) groups is 1. The van der Waals surface area contributed by atoms with Crippen LogP contribution in [0.2, 0.25) is 5.02 Å². The van der Waals surface area contributed by atoms with Crippen molar-refractivity contribution in [1.82, 2.24) is 10.1 Å². The summed E-state index contributed by atoms with van der Waals surface area (Å²) < 4.78 is 5.59. The van der Waals surface area contributed by atoms with Gasteiger partial charge in [0, 0.05) is 35.0 Å². The van der Waals surface area contributed by atoms with Gasteiger partial charge in [0.1, 0.15) is 0 Å². The molecule has 2 aliphatic rings. The first-order chi connectivity index (χ1) is 11.7. The monoisotopic (exact) mass is 344 g/mol. The highest BCUT2D eigenvalue weighted by molar-refractivity contribution is 6.30. The number of rotatable bonds is 2. The van der Waals surface area contributed by atoms with E-state index in [0.29, 0.717) is 17.5 Å². The third-order valence-electron chi connectivity index (χ3n) is 5.21. The number of carbonyl (C=O) groups excluding carboxylic acids is 1. The lowest BCUT2D eigenvalue weighted by Crippen LogP contribution is -2.40. The summed E-state index contributed by atoms with van der Waals surface area (Å²) in [6.45, 7) is 1.35. The Morgan fingerprint density at radius 1 is 1.17 bits per heavy atom. The number of hydrogen-bond acceptors (Lipinski definition) is 3. The smallest absolute Gasteiger partial charge is 0.225 e. The van der Waals surface area contributed by atoms with Gasteiger partial charge in [0.15, 0.2) is 5.76 Å². The van der Waals surface area contributed by atoms with Crippen LogP contribution in [0.3, 0.4) is 0 Å². The van der Waals surface area contributed by atoms with Crippen molar-refractivity contribution in [3.63, 3.8) is 0 Å². The summed E-state index contributed by atoms with van der Waals surface area (Å²) in [6.07, 6.45) is 6.47. The minimum Gasteiger partial charge on any atom is -0.356 e. The SMILES string of the molecule is O=C(C1CCCCC1)N1CCc2noc(-c3ccc(Cl)cc3)c2C1. The van der Waals surface area contributed by atoms with Gasteiger partial charge in [-0.15, -0.1) is 0 Å². The average Bonchev–Trinajstić information content (AvgIpc) is 3.05. The predicted octanol–water partition coefficient (Wildman–Crippen LogP) is 4.46. The average molecular weight is 345 g/mol. The zero-order valence-corrected chi connectivity index (χ0v) is 14.4. The van der Waals surface area contributed by atoms with Crippen molar-refractivity contribution < 1.29 is 9.32 Å². The molecule has 4 rings (SSSR count). The lowest BCUT2D eigenvalue weighted by Gasteiger charge is -2.31. The summed E-state index contributed by atoms with van der Waals surface area (Å²) in [7, 11) is 0. The van der Waals surface area contributed by atoms with Crippen LogP contribution in [0.1, 0.15) is 43.4 Å². The minimum absolute atomic E-state index is 0.208. The van der Waals surface area contributed by atoms with E-state index in [2.05, 4.69) is 5.16 Å². The van der Waals surface area contributed by atoms with Gasteiger partial charge in [-0.05, 0) is 37.1 Å². The Hall–Kier alpha value is -1.81. The molecule has 1 aliphatic carbocycles. The van der Waals surface area contributed by atoms with E-state index in [-0.39, 0.29) is 5.92 Å². The Morgan fingerprint density at radius 2 is 1.92 bits per heavy atom. The fourth-order valence-corrected chi connectivity index (χ4v) is 3.96. The lowest BCUT2D eigenvalue weighted by atomic mass is 9.87. The minimum atomic E-state index is 0.208. The zero-order valence-electron chi connectivity index (χ0n) is 13.6. The number of aromatic nitrogens is 1. The van der Waals surface area contributed by atoms with Crippen LogP contribution in [-0.2, 0) is 17.8 Å². The number of hydrogen-bond donors (Lipinski definition) is 0. The predicted molar refractivity (Wildman–Crippen MR) is 92.6 cm³/mol. The van der Waals surface area contributed by atoms with Gasteiger partial charge >= 0.3 is 0 Å². The van der Waals surface area contributed by atoms with Crippen molar-refractivity contribution in [3.05, 3.63) is 40.5 Å². The fourth-order valence-electron chi connectivity index (χ4n) is 3.84. The van der Waals surface area contributed by atoms with E-state index in [1.807, 2.05) is 29.2 Å². The molecule has 0 N–H and O–H groups in total. The fraction of sp³-hybridized carbons (Fsp3) is 0.474. The number of amides is 1. The third-order valence-corrected chi connectivity index (χ3v) is 5.46. The van der Waals surface area contributed by atoms with E-state index < -0.39 is 0 Å². The van der Waals surface area contributed by atoms with Crippen LogP contribution < -0.4 is 0 Å². The summed E-state index contributed by atoms with van der Waals surface area (Å²) in [5, 5.41) is 4.91. The largest absolute Gasteiger partial charge is 0.356 e. The maximum Gasteiger partial charge on any atom is 0.225 e. The summed E-state index contributed by atoms with van der Waals surface area (Å²) in [5.74, 6) is 1.28. The Kier molecular flexibility index (Phi) is 4.31. The molecular formula is C19H21ClN2O2. The van der Waals surface area contributed by atoms with Crippen LogP contribution in [-0.4, -0.2) is 22.5 Å². The molecule has 0 saturated heterocycles. The summed E-state index contributed by atoms with van der Waals surface area (Å²) in [5.41, 5.74) is 2.99. The van der Waals surface area contributed by atoms with Crippen LogP contribution in [0.5, 0.6) is 0 Å². The molecule has 1 amide bonds. The van der Waals surface area contributed by atoms with Crippen molar-refractivity contribution in [2.45, 2.75) is 45.1 Å². The molecule has 0 spiro atoms. The quantitative estimate of drug-likeness (QED) is 0.808. The van der Waals surface area contributed by atoms with Crippen molar-refractivity contribution in [2.24, 2.45) is 5.92 Å². The molecular weight excluding hydrogens is 324 g/mol. The van der Waals surface area contributed by atoms with E-state index >= 15 is 0 Å². The molecule has 4 nitrogen and oxygen atoms in total. The molecule has 0 atom stereocenters. The number of halogens is 1. The molecule has 1 aromatic carbocycles. The third kappa shape index (κ3) is 2.95. The zero-order chi connectivity index (χ0) is 16.5. The number of nitrogens with zero attached hydrogens (tertiary/aromatic N) is 2. The molecule has 0 radical (unpaired) electrons. The lowest BCUT2D eigenvalue weighted by molar-refractivity contribution is -0.137. The second kappa shape index (κ2) is 6.60. The van der Waals surface area contributed by atoms with Gasteiger partial charge in [-0.3, -0.25) is 4.79 Å². The van der Waals surface area contributed by atoms with Crippen LogP contribution in [0.4, 0.5) is 0 Å². The molecule has 2 heterocycles. The van der Waals surface area contributed by atoms with E-state index in [4.69, 9.17) is 16.1 Å². The van der Waals surface area contributed by atoms with Gasteiger partial charge in [0.25, 0.3) is 0 Å². The molecule has 2 aromatic rings. The van der Waals surface area contributed by atoms with Crippen molar-refractivity contribution in [1.29, 1.82) is 0 Å². The first-order valence-electron chi connectivity index (χ1n) is 8.74. The molecule has 0 unspecified atom stereocenters. The van der Waals surface area contributed by atoms with Crippen LogP contribution >= 0.6 is 11.6 Å². The molecule has 5 heteroatoms. The molecule has 1 aromatic heterocycles. The first kappa shape index (κ1) is 15.7. The van der Waals surface area contributed by atoms with E-state index in [1.165, 1.54) is 19.3 Å². The highest BCUT2D eigenvalue weighted by atomic mass is 35.5. The van der Waals surface area contributed by atoms with E-state index in [9.17, 15) is 4.79 Å². The number of fused-ring (bicyclic) bond motifs is 1. The molecule has 126 valence electrons. The Bertz CT molecular complexity index is 732. The van der Waals surface area contributed by atoms with Crippen molar-refractivity contribution >= 4 is 17.5 Å². The highest BCUT2D eigenvalue weighted by Crippen LogP contribution is 2.33. The normalized spacial score (nSPS) is 18.5. The maximum atomic E-state index is 12.8. The Balaban J connectivity index is 1.56. The van der Waals surface area contributed by atoms with Crippen LogP contribution in [0, 0.1) is 5.92 Å². The van der Waals surface area contributed by atoms with E-state index in [1.54, 1.807) is 0 Å². The molecule has 0 bridgehead atoms. The van der Waals surface area contributed by atoms with E-state index in [0.717, 1.165) is 48.4 Å². The maximum absolute atomic E-state index is 12.8. The van der Waals surface area contributed by atoms with Gasteiger partial charge in [0.2, 0.25) is 5.91 Å². The van der Waals surface area contributed by atoms with Gasteiger partial charge in [-0.2, -0.15) is 0 Å². The summed E-state index contributed by atoms with van der Waals surface area (Å²) >= 11 is 5.97. The molecule has 1 fully saturated rings. The second-order valence-corrected chi connectivity index (χ2v) is 7.23. The van der Waals surface area contributed by atoms with Gasteiger partial charge in [-0.1, -0.05) is 36.0 Å². The number of benzene rings is 1. The summed E-state index contributed by atoms with van der Waals surface area (Å²) in [4.78, 5) is 14.8. The Labute approximate surface area is 146 Å². The molecule has 1 aliphatic heterocycles. The van der Waals surface area contributed by atoms with Gasteiger partial charge < -0.3 is 9.42 Å². The van der Waals surface area contributed by atoms with Gasteiger partial charge in [-0.25, -0.2) is 0 Å².